The van der Waals surface area contributed by atoms with Crippen molar-refractivity contribution in [3.05, 3.63) is 35.1 Å². The summed E-state index contributed by atoms with van der Waals surface area (Å²) in [5.74, 6) is 0.965. The first kappa shape index (κ1) is 19.2. The van der Waals surface area contributed by atoms with Crippen LogP contribution in [-0.2, 0) is 6.54 Å². The van der Waals surface area contributed by atoms with Crippen LogP contribution in [0.15, 0.2) is 24.5 Å². The predicted octanol–water partition coefficient (Wildman–Crippen LogP) is 3.17. The third kappa shape index (κ3) is 4.23. The number of hydrogen-bond acceptors (Lipinski definition) is 7. The molecule has 144 valence electrons. The Kier molecular flexibility index (Phi) is 5.67. The third-order valence-electron chi connectivity index (χ3n) is 4.05. The van der Waals surface area contributed by atoms with E-state index < -0.39 is 6.10 Å². The fraction of sp³-hybridized carbons (Fsp3) is 0.389. The Morgan fingerprint density at radius 2 is 1.96 bits per heavy atom. The van der Waals surface area contributed by atoms with Crippen LogP contribution in [0, 0.1) is 0 Å². The van der Waals surface area contributed by atoms with Crippen LogP contribution < -0.4 is 10.6 Å². The minimum absolute atomic E-state index is 0.0390. The molecule has 8 nitrogen and oxygen atoms in total. The molecule has 0 bridgehead atoms. The van der Waals surface area contributed by atoms with Crippen molar-refractivity contribution in [1.29, 1.82) is 0 Å². The van der Waals surface area contributed by atoms with Gasteiger partial charge in [-0.25, -0.2) is 4.98 Å². The van der Waals surface area contributed by atoms with Gasteiger partial charge in [-0.1, -0.05) is 23.7 Å². The van der Waals surface area contributed by atoms with E-state index in [0.29, 0.717) is 46.6 Å². The average molecular weight is 391 g/mol. The van der Waals surface area contributed by atoms with Crippen molar-refractivity contribution in [3.63, 3.8) is 0 Å². The Hall–Kier alpha value is -2.58. The fourth-order valence-corrected chi connectivity index (χ4v) is 2.81. The number of anilines is 2. The number of phenols is 1. The fourth-order valence-electron chi connectivity index (χ4n) is 2.62. The van der Waals surface area contributed by atoms with Crippen LogP contribution in [0.2, 0.25) is 5.02 Å². The van der Waals surface area contributed by atoms with Gasteiger partial charge in [0.2, 0.25) is 5.95 Å². The van der Waals surface area contributed by atoms with Crippen LogP contribution >= 0.6 is 11.6 Å². The molecule has 4 N–H and O–H groups in total. The molecule has 0 aliphatic heterocycles. The number of aromatic nitrogens is 4. The smallest absolute Gasteiger partial charge is 0.226 e. The number of halogens is 1. The lowest BCUT2D eigenvalue weighted by molar-refractivity contribution is 0.208. The van der Waals surface area contributed by atoms with E-state index in [1.807, 2.05) is 18.4 Å². The second-order valence-corrected chi connectivity index (χ2v) is 7.05. The highest BCUT2D eigenvalue weighted by Gasteiger charge is 2.16. The summed E-state index contributed by atoms with van der Waals surface area (Å²) in [5, 5.41) is 26.1. The van der Waals surface area contributed by atoms with Crippen molar-refractivity contribution in [2.75, 3.05) is 17.2 Å². The number of nitrogens with zero attached hydrogens (tertiary/aromatic N) is 4. The number of imidazole rings is 1. The van der Waals surface area contributed by atoms with Crippen LogP contribution in [0.4, 0.5) is 11.8 Å². The maximum absolute atomic E-state index is 10.1. The molecule has 0 spiro atoms. The van der Waals surface area contributed by atoms with Gasteiger partial charge in [-0.2, -0.15) is 9.97 Å². The molecule has 3 rings (SSSR count). The lowest BCUT2D eigenvalue weighted by atomic mass is 10.2. The van der Waals surface area contributed by atoms with Crippen molar-refractivity contribution < 1.29 is 10.2 Å². The Balaban J connectivity index is 1.95. The molecule has 3 aromatic rings. The minimum atomic E-state index is -0.529. The SMILES string of the molecule is CC(O)CNc1nc(NCc2cccc(Cl)c2O)c2ncn(C(C)C)c2n1. The summed E-state index contributed by atoms with van der Waals surface area (Å²) in [4.78, 5) is 13.4. The molecule has 9 heteroatoms. The number of aromatic hydroxyl groups is 1. The summed E-state index contributed by atoms with van der Waals surface area (Å²) in [6.07, 6.45) is 1.20. The van der Waals surface area contributed by atoms with Gasteiger partial charge in [0.1, 0.15) is 5.75 Å². The maximum Gasteiger partial charge on any atom is 0.226 e. The van der Waals surface area contributed by atoms with Crippen molar-refractivity contribution in [2.45, 2.75) is 39.5 Å². The number of nitrogens with one attached hydrogen (secondary N) is 2. The van der Waals surface area contributed by atoms with Gasteiger partial charge in [0.25, 0.3) is 0 Å². The van der Waals surface area contributed by atoms with E-state index in [4.69, 9.17) is 11.6 Å². The Bertz CT molecular complexity index is 941. The van der Waals surface area contributed by atoms with E-state index in [1.165, 1.54) is 0 Å². The van der Waals surface area contributed by atoms with Crippen LogP contribution in [0.5, 0.6) is 5.75 Å². The highest BCUT2D eigenvalue weighted by atomic mass is 35.5. The van der Waals surface area contributed by atoms with Gasteiger partial charge in [-0.3, -0.25) is 0 Å². The molecular formula is C18H23ClN6O2. The molecule has 1 unspecified atom stereocenters. The molecule has 0 saturated carbocycles. The zero-order chi connectivity index (χ0) is 19.6. The number of aliphatic hydroxyl groups excluding tert-OH is 1. The van der Waals surface area contributed by atoms with Gasteiger partial charge in [-0.15, -0.1) is 0 Å². The first-order chi connectivity index (χ1) is 12.9. The third-order valence-corrected chi connectivity index (χ3v) is 4.35. The summed E-state index contributed by atoms with van der Waals surface area (Å²) >= 11 is 5.97. The Morgan fingerprint density at radius 1 is 1.19 bits per heavy atom. The molecule has 1 atom stereocenters. The number of rotatable bonds is 7. The standard InChI is InChI=1S/C18H23ClN6O2/c1-10(2)25-9-22-14-16(20-8-12-5-4-6-13(19)15(12)27)23-18(24-17(14)25)21-7-11(3)26/h4-6,9-11,26-27H,7-8H2,1-3H3,(H2,20,21,23,24). The lowest BCUT2D eigenvalue weighted by Gasteiger charge is -2.13. The van der Waals surface area contributed by atoms with E-state index in [9.17, 15) is 10.2 Å². The van der Waals surface area contributed by atoms with Crippen LogP contribution in [0.3, 0.4) is 0 Å². The van der Waals surface area contributed by atoms with E-state index in [2.05, 4.69) is 25.6 Å². The molecule has 1 aromatic carbocycles. The topological polar surface area (TPSA) is 108 Å². The zero-order valence-corrected chi connectivity index (χ0v) is 16.2. The van der Waals surface area contributed by atoms with Crippen LogP contribution in [0.1, 0.15) is 32.4 Å². The van der Waals surface area contributed by atoms with E-state index in [-0.39, 0.29) is 11.8 Å². The van der Waals surface area contributed by atoms with E-state index in [1.54, 1.807) is 31.5 Å². The van der Waals surface area contributed by atoms with Crippen LogP contribution in [0.25, 0.3) is 11.2 Å². The van der Waals surface area contributed by atoms with Crippen molar-refractivity contribution in [3.8, 4) is 5.75 Å². The van der Waals surface area contributed by atoms with Gasteiger partial charge >= 0.3 is 0 Å². The van der Waals surface area contributed by atoms with Crippen molar-refractivity contribution in [1.82, 2.24) is 19.5 Å². The van der Waals surface area contributed by atoms with Gasteiger partial charge in [-0.05, 0) is 26.8 Å². The Morgan fingerprint density at radius 3 is 2.67 bits per heavy atom. The maximum atomic E-state index is 10.1. The summed E-state index contributed by atoms with van der Waals surface area (Å²) < 4.78 is 1.95. The molecule has 0 amide bonds. The normalized spacial score (nSPS) is 12.5. The average Bonchev–Trinajstić information content (AvgIpc) is 3.05. The summed E-state index contributed by atoms with van der Waals surface area (Å²) in [5.41, 5.74) is 1.97. The quantitative estimate of drug-likeness (QED) is 0.490. The van der Waals surface area contributed by atoms with Crippen molar-refractivity contribution >= 4 is 34.5 Å². The molecular weight excluding hydrogens is 368 g/mol. The molecule has 2 aromatic heterocycles. The minimum Gasteiger partial charge on any atom is -0.506 e. The second kappa shape index (κ2) is 7.98. The molecule has 0 aliphatic rings. The number of benzene rings is 1. The highest BCUT2D eigenvalue weighted by molar-refractivity contribution is 6.32. The first-order valence-corrected chi connectivity index (χ1v) is 9.11. The lowest BCUT2D eigenvalue weighted by Crippen LogP contribution is -2.17. The number of aliphatic hydroxyl groups is 1. The largest absolute Gasteiger partial charge is 0.506 e. The van der Waals surface area contributed by atoms with E-state index >= 15 is 0 Å². The molecule has 0 fully saturated rings. The first-order valence-electron chi connectivity index (χ1n) is 8.73. The summed E-state index contributed by atoms with van der Waals surface area (Å²) in [7, 11) is 0. The predicted molar refractivity (Wildman–Crippen MR) is 106 cm³/mol. The second-order valence-electron chi connectivity index (χ2n) is 6.64. The molecule has 0 aliphatic carbocycles. The molecule has 0 saturated heterocycles. The monoisotopic (exact) mass is 390 g/mol. The molecule has 0 radical (unpaired) electrons. The van der Waals surface area contributed by atoms with E-state index in [0.717, 1.165) is 0 Å². The molecule has 2 heterocycles. The van der Waals surface area contributed by atoms with Crippen molar-refractivity contribution in [2.24, 2.45) is 0 Å². The number of para-hydroxylation sites is 1. The number of hydrogen-bond donors (Lipinski definition) is 4. The van der Waals surface area contributed by atoms with Gasteiger partial charge in [0, 0.05) is 24.7 Å². The summed E-state index contributed by atoms with van der Waals surface area (Å²) in [6, 6.07) is 5.37. The van der Waals surface area contributed by atoms with Gasteiger partial charge < -0.3 is 25.4 Å². The van der Waals surface area contributed by atoms with Gasteiger partial charge in [0.05, 0.1) is 17.5 Å². The highest BCUT2D eigenvalue weighted by Crippen LogP contribution is 2.29. The number of fused-ring (bicyclic) bond motifs is 1. The Labute approximate surface area is 162 Å². The summed E-state index contributed by atoms with van der Waals surface area (Å²) in [6.45, 7) is 6.43. The van der Waals surface area contributed by atoms with Gasteiger partial charge in [0.15, 0.2) is 17.0 Å². The molecule has 27 heavy (non-hydrogen) atoms. The number of phenolic OH excluding ortho intramolecular Hbond substituents is 1. The van der Waals surface area contributed by atoms with Crippen LogP contribution in [-0.4, -0.2) is 42.4 Å². The zero-order valence-electron chi connectivity index (χ0n) is 15.4.